The van der Waals surface area contributed by atoms with E-state index < -0.39 is 0 Å². The van der Waals surface area contributed by atoms with Crippen LogP contribution < -0.4 is 15.4 Å². The fourth-order valence-corrected chi connectivity index (χ4v) is 4.11. The molecule has 34 heavy (non-hydrogen) atoms. The van der Waals surface area contributed by atoms with E-state index >= 15 is 0 Å². The second-order valence-electron chi connectivity index (χ2n) is 8.09. The highest BCUT2D eigenvalue weighted by atomic mass is 16.5. The lowest BCUT2D eigenvalue weighted by atomic mass is 10.1. The van der Waals surface area contributed by atoms with Gasteiger partial charge in [-0.1, -0.05) is 6.07 Å². The maximum Gasteiger partial charge on any atom is 0.251 e. The van der Waals surface area contributed by atoms with Crippen molar-refractivity contribution in [2.75, 3.05) is 39.2 Å². The second kappa shape index (κ2) is 9.48. The van der Waals surface area contributed by atoms with Crippen LogP contribution in [-0.2, 0) is 11.2 Å². The van der Waals surface area contributed by atoms with Crippen molar-refractivity contribution in [1.82, 2.24) is 24.8 Å². The molecule has 1 aliphatic rings. The number of methoxy groups -OCH3 is 1. The fraction of sp³-hybridized carbons (Fsp3) is 0.280. The van der Waals surface area contributed by atoms with Crippen molar-refractivity contribution in [1.29, 1.82) is 0 Å². The minimum absolute atomic E-state index is 0.141. The van der Waals surface area contributed by atoms with Crippen molar-refractivity contribution in [2.24, 2.45) is 0 Å². The molecule has 3 aromatic heterocycles. The number of carbonyl (C=O) groups is 1. The first-order valence-corrected chi connectivity index (χ1v) is 11.2. The number of fused-ring (bicyclic) bond motifs is 1. The Kier molecular flexibility index (Phi) is 6.09. The fourth-order valence-electron chi connectivity index (χ4n) is 4.11. The zero-order chi connectivity index (χ0) is 23.5. The van der Waals surface area contributed by atoms with Crippen molar-refractivity contribution in [3.05, 3.63) is 66.2 Å². The Bertz CT molecular complexity index is 1330. The molecule has 2 N–H and O–H groups in total. The van der Waals surface area contributed by atoms with E-state index in [-0.39, 0.29) is 5.91 Å². The number of carbonyl (C=O) groups excluding carboxylic acids is 1. The Hall–Kier alpha value is -3.98. The number of benzene rings is 1. The summed E-state index contributed by atoms with van der Waals surface area (Å²) in [6.07, 6.45) is 6.20. The van der Waals surface area contributed by atoms with Crippen LogP contribution in [0.2, 0.25) is 0 Å². The number of amides is 1. The van der Waals surface area contributed by atoms with Crippen molar-refractivity contribution in [2.45, 2.75) is 12.5 Å². The lowest BCUT2D eigenvalue weighted by Gasteiger charge is -2.27. The van der Waals surface area contributed by atoms with E-state index in [2.05, 4.69) is 42.4 Å². The zero-order valence-electron chi connectivity index (χ0n) is 19.1. The van der Waals surface area contributed by atoms with Gasteiger partial charge in [0.2, 0.25) is 0 Å². The predicted octanol–water partition coefficient (Wildman–Crippen LogP) is 3.09. The summed E-state index contributed by atoms with van der Waals surface area (Å²) in [5.41, 5.74) is 4.37. The van der Waals surface area contributed by atoms with Crippen LogP contribution in [0.1, 0.15) is 22.0 Å². The summed E-state index contributed by atoms with van der Waals surface area (Å²) in [5, 5.41) is 7.06. The van der Waals surface area contributed by atoms with Crippen LogP contribution in [0.15, 0.2) is 55.1 Å². The van der Waals surface area contributed by atoms with E-state index in [1.54, 1.807) is 32.6 Å². The summed E-state index contributed by atoms with van der Waals surface area (Å²) in [6, 6.07) is 11.7. The lowest BCUT2D eigenvalue weighted by Crippen LogP contribution is -2.30. The van der Waals surface area contributed by atoms with Crippen molar-refractivity contribution in [3.8, 4) is 17.0 Å². The number of hydrogen-bond acceptors (Lipinski definition) is 7. The van der Waals surface area contributed by atoms with Gasteiger partial charge in [-0.3, -0.25) is 4.79 Å². The first-order chi connectivity index (χ1) is 16.7. The molecule has 0 atom stereocenters. The molecule has 0 bridgehead atoms. The highest BCUT2D eigenvalue weighted by Gasteiger charge is 2.24. The summed E-state index contributed by atoms with van der Waals surface area (Å²) in [4.78, 5) is 25.4. The molecule has 0 saturated carbocycles. The van der Waals surface area contributed by atoms with E-state index in [4.69, 9.17) is 9.47 Å². The molecule has 0 spiro atoms. The number of aromatic nitrogens is 4. The Morgan fingerprint density at radius 2 is 2.09 bits per heavy atom. The van der Waals surface area contributed by atoms with E-state index in [9.17, 15) is 4.79 Å². The van der Waals surface area contributed by atoms with Crippen LogP contribution >= 0.6 is 0 Å². The summed E-state index contributed by atoms with van der Waals surface area (Å²) in [5.74, 6) is 1.28. The molecule has 174 valence electrons. The van der Waals surface area contributed by atoms with Crippen molar-refractivity contribution in [3.63, 3.8) is 0 Å². The SMILES string of the molecule is CNC(=O)c1ccc(CCNc2cc(-c3cn(C4COC4)c4ncccc34)ncn2)c(OC)c1. The van der Waals surface area contributed by atoms with Crippen LogP contribution in [-0.4, -0.2) is 59.3 Å². The summed E-state index contributed by atoms with van der Waals surface area (Å²) in [7, 11) is 3.22. The van der Waals surface area contributed by atoms with Gasteiger partial charge in [0.1, 0.15) is 23.5 Å². The van der Waals surface area contributed by atoms with E-state index in [1.807, 2.05) is 24.4 Å². The molecule has 0 unspecified atom stereocenters. The monoisotopic (exact) mass is 458 g/mol. The van der Waals surface area contributed by atoms with Gasteiger partial charge in [0, 0.05) is 48.6 Å². The van der Waals surface area contributed by atoms with E-state index in [1.165, 1.54) is 0 Å². The standard InChI is InChI=1S/C25H26N6O3/c1-26-25(32)17-6-5-16(22(10-17)33-2)7-9-27-23-11-21(29-15-30-23)20-12-31(18-13-34-14-18)24-19(20)4-3-8-28-24/h3-6,8,10-12,15,18H,7,9,13-14H2,1-2H3,(H,26,32)(H,27,29,30). The minimum Gasteiger partial charge on any atom is -0.496 e. The van der Waals surface area contributed by atoms with Gasteiger partial charge in [0.25, 0.3) is 5.91 Å². The Balaban J connectivity index is 1.33. The molecule has 0 aliphatic carbocycles. The van der Waals surface area contributed by atoms with Crippen LogP contribution in [0, 0.1) is 0 Å². The van der Waals surface area contributed by atoms with E-state index in [0.717, 1.165) is 33.7 Å². The zero-order valence-corrected chi connectivity index (χ0v) is 19.1. The molecule has 1 saturated heterocycles. The van der Waals surface area contributed by atoms with Crippen LogP contribution in [0.4, 0.5) is 5.82 Å². The first kappa shape index (κ1) is 21.8. The number of ether oxygens (including phenoxy) is 2. The quantitative estimate of drug-likeness (QED) is 0.418. The number of rotatable bonds is 8. The van der Waals surface area contributed by atoms with Gasteiger partial charge < -0.3 is 24.7 Å². The smallest absolute Gasteiger partial charge is 0.251 e. The number of hydrogen-bond donors (Lipinski definition) is 2. The third-order valence-electron chi connectivity index (χ3n) is 6.02. The largest absolute Gasteiger partial charge is 0.496 e. The molecule has 0 radical (unpaired) electrons. The molecule has 1 amide bonds. The Morgan fingerprint density at radius 1 is 1.21 bits per heavy atom. The predicted molar refractivity (Wildman–Crippen MR) is 129 cm³/mol. The molecule has 1 aromatic carbocycles. The number of nitrogens with one attached hydrogen (secondary N) is 2. The van der Waals surface area contributed by atoms with Gasteiger partial charge in [0.05, 0.1) is 32.1 Å². The van der Waals surface area contributed by atoms with Gasteiger partial charge in [0.15, 0.2) is 0 Å². The highest BCUT2D eigenvalue weighted by Crippen LogP contribution is 2.33. The molecule has 4 aromatic rings. The number of nitrogens with zero attached hydrogens (tertiary/aromatic N) is 4. The molecule has 1 fully saturated rings. The maximum atomic E-state index is 11.9. The lowest BCUT2D eigenvalue weighted by molar-refractivity contribution is -0.0215. The Morgan fingerprint density at radius 3 is 2.85 bits per heavy atom. The summed E-state index contributed by atoms with van der Waals surface area (Å²) in [6.45, 7) is 2.04. The average molecular weight is 459 g/mol. The molecular formula is C25H26N6O3. The van der Waals surface area contributed by atoms with Gasteiger partial charge in [-0.15, -0.1) is 0 Å². The average Bonchev–Trinajstić information content (AvgIpc) is 3.22. The molecule has 9 nitrogen and oxygen atoms in total. The summed E-state index contributed by atoms with van der Waals surface area (Å²) >= 11 is 0. The van der Waals surface area contributed by atoms with Crippen LogP contribution in [0.3, 0.4) is 0 Å². The second-order valence-corrected chi connectivity index (χ2v) is 8.09. The molecular weight excluding hydrogens is 432 g/mol. The van der Waals surface area contributed by atoms with Crippen LogP contribution in [0.5, 0.6) is 5.75 Å². The Labute approximate surface area is 197 Å². The molecule has 1 aliphatic heterocycles. The van der Waals surface area contributed by atoms with Gasteiger partial charge in [-0.2, -0.15) is 0 Å². The van der Waals surface area contributed by atoms with Crippen molar-refractivity contribution < 1.29 is 14.3 Å². The normalized spacial score (nSPS) is 13.5. The topological polar surface area (TPSA) is 103 Å². The summed E-state index contributed by atoms with van der Waals surface area (Å²) < 4.78 is 13.0. The molecule has 4 heterocycles. The number of pyridine rings is 1. The third kappa shape index (κ3) is 4.17. The van der Waals surface area contributed by atoms with Crippen molar-refractivity contribution >= 4 is 22.8 Å². The number of anilines is 1. The maximum absolute atomic E-state index is 11.9. The highest BCUT2D eigenvalue weighted by molar-refractivity contribution is 5.94. The van der Waals surface area contributed by atoms with Gasteiger partial charge >= 0.3 is 0 Å². The third-order valence-corrected chi connectivity index (χ3v) is 6.02. The molecule has 9 heteroatoms. The van der Waals surface area contributed by atoms with Gasteiger partial charge in [-0.25, -0.2) is 15.0 Å². The first-order valence-electron chi connectivity index (χ1n) is 11.2. The minimum atomic E-state index is -0.141. The van der Waals surface area contributed by atoms with Crippen LogP contribution in [0.25, 0.3) is 22.3 Å². The van der Waals surface area contributed by atoms with Gasteiger partial charge in [-0.05, 0) is 36.2 Å². The molecule has 5 rings (SSSR count). The van der Waals surface area contributed by atoms with E-state index in [0.29, 0.717) is 43.5 Å².